The average Bonchev–Trinajstić information content (AvgIpc) is 2.27. The molecule has 1 aliphatic rings. The first kappa shape index (κ1) is 14.0. The molecule has 1 saturated carbocycles. The molecule has 2 N–H and O–H groups in total. The van der Waals surface area contributed by atoms with E-state index >= 15 is 0 Å². The predicted molar refractivity (Wildman–Crippen MR) is 71.5 cm³/mol. The monoisotopic (exact) mass is 226 g/mol. The average molecular weight is 226 g/mol. The molecule has 0 saturated heterocycles. The fourth-order valence-electron chi connectivity index (χ4n) is 3.14. The van der Waals surface area contributed by atoms with E-state index in [1.165, 1.54) is 45.1 Å². The first-order valence-electron chi connectivity index (χ1n) is 7.09. The molecule has 1 rings (SSSR count). The van der Waals surface area contributed by atoms with Gasteiger partial charge in [-0.25, -0.2) is 0 Å². The lowest BCUT2D eigenvalue weighted by molar-refractivity contribution is 0.129. The lowest BCUT2D eigenvalue weighted by Gasteiger charge is -2.38. The van der Waals surface area contributed by atoms with E-state index in [-0.39, 0.29) is 0 Å². The molecule has 16 heavy (non-hydrogen) atoms. The van der Waals surface area contributed by atoms with E-state index in [4.69, 9.17) is 5.73 Å². The summed E-state index contributed by atoms with van der Waals surface area (Å²) in [5, 5.41) is 0. The Morgan fingerprint density at radius 3 is 2.69 bits per heavy atom. The maximum Gasteiger partial charge on any atom is 0.0243 e. The summed E-state index contributed by atoms with van der Waals surface area (Å²) in [6, 6.07) is 0.620. The van der Waals surface area contributed by atoms with E-state index < -0.39 is 0 Å². The summed E-state index contributed by atoms with van der Waals surface area (Å²) < 4.78 is 0. The molecule has 0 bridgehead atoms. The maximum atomic E-state index is 5.98. The lowest BCUT2D eigenvalue weighted by Crippen LogP contribution is -2.45. The summed E-state index contributed by atoms with van der Waals surface area (Å²) >= 11 is 0. The third kappa shape index (κ3) is 4.06. The van der Waals surface area contributed by atoms with Crippen LogP contribution in [-0.2, 0) is 0 Å². The van der Waals surface area contributed by atoms with Crippen molar-refractivity contribution in [1.82, 2.24) is 4.90 Å². The number of likely N-dealkylation sites (N-methyl/N-ethyl adjacent to an activating group) is 1. The quantitative estimate of drug-likeness (QED) is 0.754. The van der Waals surface area contributed by atoms with Crippen molar-refractivity contribution in [3.63, 3.8) is 0 Å². The molecule has 0 heterocycles. The smallest absolute Gasteiger partial charge is 0.0243 e. The number of unbranched alkanes of at least 4 members (excludes halogenated alkanes) is 1. The highest BCUT2D eigenvalue weighted by Crippen LogP contribution is 2.32. The van der Waals surface area contributed by atoms with Gasteiger partial charge in [-0.2, -0.15) is 0 Å². The topological polar surface area (TPSA) is 29.3 Å². The van der Waals surface area contributed by atoms with Crippen molar-refractivity contribution in [3.8, 4) is 0 Å². The van der Waals surface area contributed by atoms with E-state index in [1.807, 2.05) is 0 Å². The molecule has 0 aromatic heterocycles. The van der Waals surface area contributed by atoms with Gasteiger partial charge < -0.3 is 10.6 Å². The van der Waals surface area contributed by atoms with Crippen LogP contribution in [0.3, 0.4) is 0 Å². The molecule has 0 amide bonds. The van der Waals surface area contributed by atoms with E-state index in [0.717, 1.165) is 18.4 Å². The first-order chi connectivity index (χ1) is 7.69. The Kier molecular flexibility index (Phi) is 6.37. The number of hydrogen-bond donors (Lipinski definition) is 1. The molecule has 3 atom stereocenters. The Morgan fingerprint density at radius 1 is 1.38 bits per heavy atom. The van der Waals surface area contributed by atoms with Gasteiger partial charge in [0.15, 0.2) is 0 Å². The molecule has 2 nitrogen and oxygen atoms in total. The number of hydrogen-bond acceptors (Lipinski definition) is 2. The van der Waals surface area contributed by atoms with Crippen molar-refractivity contribution in [2.45, 2.75) is 58.4 Å². The minimum Gasteiger partial charge on any atom is -0.329 e. The Hall–Kier alpha value is -0.0800. The standard InChI is InChI=1S/C14H30N2/c1-4-5-9-16(3)14(11-15)13-8-6-7-12(2)10-13/h12-14H,4-11,15H2,1-3H3. The Morgan fingerprint density at radius 2 is 2.12 bits per heavy atom. The molecule has 0 spiro atoms. The molecule has 0 aliphatic heterocycles. The first-order valence-corrected chi connectivity index (χ1v) is 7.09. The predicted octanol–water partition coefficient (Wildman–Crippen LogP) is 2.87. The van der Waals surface area contributed by atoms with Gasteiger partial charge in [-0.1, -0.05) is 33.1 Å². The largest absolute Gasteiger partial charge is 0.329 e. The normalized spacial score (nSPS) is 28.3. The second-order valence-corrected chi connectivity index (χ2v) is 5.67. The second-order valence-electron chi connectivity index (χ2n) is 5.67. The van der Waals surface area contributed by atoms with Gasteiger partial charge >= 0.3 is 0 Å². The Balaban J connectivity index is 2.44. The zero-order valence-electron chi connectivity index (χ0n) is 11.4. The highest BCUT2D eigenvalue weighted by molar-refractivity contribution is 4.83. The van der Waals surface area contributed by atoms with Gasteiger partial charge in [-0.15, -0.1) is 0 Å². The summed E-state index contributed by atoms with van der Waals surface area (Å²) in [5.41, 5.74) is 5.98. The molecule has 1 fully saturated rings. The van der Waals surface area contributed by atoms with Crippen molar-refractivity contribution in [2.75, 3.05) is 20.1 Å². The van der Waals surface area contributed by atoms with Gasteiger partial charge in [0.1, 0.15) is 0 Å². The van der Waals surface area contributed by atoms with Crippen molar-refractivity contribution in [3.05, 3.63) is 0 Å². The lowest BCUT2D eigenvalue weighted by atomic mass is 9.78. The Bertz CT molecular complexity index is 182. The minimum absolute atomic E-state index is 0.620. The van der Waals surface area contributed by atoms with Crippen molar-refractivity contribution in [2.24, 2.45) is 17.6 Å². The van der Waals surface area contributed by atoms with Crippen LogP contribution in [0.1, 0.15) is 52.4 Å². The molecule has 1 aliphatic carbocycles. The van der Waals surface area contributed by atoms with E-state index in [1.54, 1.807) is 0 Å². The summed E-state index contributed by atoms with van der Waals surface area (Å²) in [4.78, 5) is 2.51. The third-order valence-corrected chi connectivity index (χ3v) is 4.19. The molecule has 2 heteroatoms. The van der Waals surface area contributed by atoms with Crippen LogP contribution in [0.4, 0.5) is 0 Å². The van der Waals surface area contributed by atoms with E-state index in [0.29, 0.717) is 6.04 Å². The number of nitrogens with zero attached hydrogens (tertiary/aromatic N) is 1. The minimum atomic E-state index is 0.620. The van der Waals surface area contributed by atoms with E-state index in [2.05, 4.69) is 25.8 Å². The molecule has 0 aromatic rings. The fraction of sp³-hybridized carbons (Fsp3) is 1.00. The third-order valence-electron chi connectivity index (χ3n) is 4.19. The van der Waals surface area contributed by atoms with Gasteiger partial charge in [0.25, 0.3) is 0 Å². The molecule has 0 aromatic carbocycles. The van der Waals surface area contributed by atoms with Crippen molar-refractivity contribution in [1.29, 1.82) is 0 Å². The van der Waals surface area contributed by atoms with Crippen LogP contribution >= 0.6 is 0 Å². The van der Waals surface area contributed by atoms with Gasteiger partial charge in [0.05, 0.1) is 0 Å². The number of nitrogens with two attached hydrogens (primary N) is 1. The van der Waals surface area contributed by atoms with E-state index in [9.17, 15) is 0 Å². The van der Waals surface area contributed by atoms with Crippen LogP contribution in [0.25, 0.3) is 0 Å². The molecule has 96 valence electrons. The van der Waals surface area contributed by atoms with Gasteiger partial charge in [-0.3, -0.25) is 0 Å². The highest BCUT2D eigenvalue weighted by Gasteiger charge is 2.27. The van der Waals surface area contributed by atoms with Gasteiger partial charge in [0.2, 0.25) is 0 Å². The van der Waals surface area contributed by atoms with Crippen LogP contribution in [0.5, 0.6) is 0 Å². The van der Waals surface area contributed by atoms with Gasteiger partial charge in [-0.05, 0) is 44.7 Å². The molecule has 0 radical (unpaired) electrons. The summed E-state index contributed by atoms with van der Waals surface area (Å²) in [5.74, 6) is 1.75. The van der Waals surface area contributed by atoms with Crippen LogP contribution < -0.4 is 5.73 Å². The van der Waals surface area contributed by atoms with Crippen LogP contribution in [0.15, 0.2) is 0 Å². The maximum absolute atomic E-state index is 5.98. The molecule has 3 unspecified atom stereocenters. The molecular weight excluding hydrogens is 196 g/mol. The second kappa shape index (κ2) is 7.29. The van der Waals surface area contributed by atoms with Gasteiger partial charge in [0, 0.05) is 12.6 Å². The molecular formula is C14H30N2. The van der Waals surface area contributed by atoms with Crippen LogP contribution in [-0.4, -0.2) is 31.1 Å². The summed E-state index contributed by atoms with van der Waals surface area (Å²) in [6.07, 6.45) is 8.19. The van der Waals surface area contributed by atoms with Crippen LogP contribution in [0.2, 0.25) is 0 Å². The zero-order chi connectivity index (χ0) is 12.0. The number of rotatable bonds is 6. The summed E-state index contributed by atoms with van der Waals surface area (Å²) in [7, 11) is 2.26. The summed E-state index contributed by atoms with van der Waals surface area (Å²) in [6.45, 7) is 6.70. The van der Waals surface area contributed by atoms with Crippen LogP contribution in [0, 0.1) is 11.8 Å². The van der Waals surface area contributed by atoms with Crippen molar-refractivity contribution < 1.29 is 0 Å². The Labute approximate surface area is 102 Å². The fourth-order valence-corrected chi connectivity index (χ4v) is 3.14. The van der Waals surface area contributed by atoms with Crippen molar-refractivity contribution >= 4 is 0 Å². The zero-order valence-corrected chi connectivity index (χ0v) is 11.4. The highest BCUT2D eigenvalue weighted by atomic mass is 15.1. The SMILES string of the molecule is CCCCN(C)C(CN)C1CCCC(C)C1.